The van der Waals surface area contributed by atoms with E-state index in [2.05, 4.69) is 15.7 Å². The molecular formula is C17H30N4O7. The molecule has 0 aliphatic rings. The first-order valence-corrected chi connectivity index (χ1v) is 8.49. The molecule has 0 aliphatic heterocycles. The van der Waals surface area contributed by atoms with E-state index in [4.69, 9.17) is 14.2 Å². The zero-order chi connectivity index (χ0) is 22.3. The number of hydrogen-bond donors (Lipinski definition) is 3. The Morgan fingerprint density at radius 3 is 1.32 bits per heavy atom. The molecule has 0 aromatic carbocycles. The van der Waals surface area contributed by atoms with Crippen molar-refractivity contribution in [3.63, 3.8) is 0 Å². The van der Waals surface area contributed by atoms with Crippen molar-refractivity contribution >= 4 is 30.0 Å². The molecule has 0 aromatic rings. The van der Waals surface area contributed by atoms with Crippen LogP contribution < -0.4 is 16.1 Å². The number of amides is 3. The van der Waals surface area contributed by atoms with Gasteiger partial charge in [0.2, 0.25) is 5.96 Å². The SMILES string of the molecule is CC(C)(C)OC(=O)NC(=NNC(=O)C(=O)OC(C)(C)C)NC(=O)OC(C)(C)C. The standard InChI is InChI=1S/C17H30N4O7/c1-15(2,3)26-11(23)10(22)20-21-12(18-13(24)27-16(4,5)6)19-14(25)28-17(7,8)9/h1-9H3,(H,20,22)(H2,18,19,21,24,25). The van der Waals surface area contributed by atoms with Gasteiger partial charge in [-0.2, -0.15) is 0 Å². The van der Waals surface area contributed by atoms with Crippen LogP contribution in [0.5, 0.6) is 0 Å². The molecule has 0 saturated heterocycles. The molecule has 0 fully saturated rings. The van der Waals surface area contributed by atoms with Gasteiger partial charge in [0, 0.05) is 0 Å². The van der Waals surface area contributed by atoms with Crippen LogP contribution in [0.3, 0.4) is 0 Å². The van der Waals surface area contributed by atoms with E-state index >= 15 is 0 Å². The lowest BCUT2D eigenvalue weighted by Crippen LogP contribution is -2.48. The van der Waals surface area contributed by atoms with E-state index < -0.39 is 46.8 Å². The van der Waals surface area contributed by atoms with Crippen LogP contribution in [-0.4, -0.2) is 46.8 Å². The number of esters is 1. The summed E-state index contributed by atoms with van der Waals surface area (Å²) in [5.41, 5.74) is -0.646. The Balaban J connectivity index is 5.22. The normalized spacial score (nSPS) is 11.6. The third-order valence-electron chi connectivity index (χ3n) is 2.09. The third kappa shape index (κ3) is 13.4. The van der Waals surface area contributed by atoms with Gasteiger partial charge in [-0.05, 0) is 62.3 Å². The van der Waals surface area contributed by atoms with Gasteiger partial charge in [0.15, 0.2) is 0 Å². The first-order chi connectivity index (χ1) is 12.4. The summed E-state index contributed by atoms with van der Waals surface area (Å²) in [6.45, 7) is 14.6. The minimum absolute atomic E-state index is 0.514. The first kappa shape index (κ1) is 25.1. The summed E-state index contributed by atoms with van der Waals surface area (Å²) < 4.78 is 15.0. The fourth-order valence-corrected chi connectivity index (χ4v) is 1.36. The number of hydrazone groups is 1. The lowest BCUT2D eigenvalue weighted by Gasteiger charge is -2.22. The van der Waals surface area contributed by atoms with Gasteiger partial charge in [-0.3, -0.25) is 15.4 Å². The molecule has 0 spiro atoms. The summed E-state index contributed by atoms with van der Waals surface area (Å²) in [5.74, 6) is -2.91. The molecule has 0 heterocycles. The number of rotatable bonds is 1. The monoisotopic (exact) mass is 402 g/mol. The second-order valence-corrected chi connectivity index (χ2v) is 8.66. The third-order valence-corrected chi connectivity index (χ3v) is 2.09. The molecule has 0 saturated carbocycles. The van der Waals surface area contributed by atoms with Crippen LogP contribution in [0.1, 0.15) is 62.3 Å². The van der Waals surface area contributed by atoms with Crippen LogP contribution in [0.4, 0.5) is 9.59 Å². The van der Waals surface area contributed by atoms with Crippen LogP contribution in [0.15, 0.2) is 5.10 Å². The minimum Gasteiger partial charge on any atom is -0.453 e. The van der Waals surface area contributed by atoms with E-state index in [1.165, 1.54) is 0 Å². The highest BCUT2D eigenvalue weighted by atomic mass is 16.6. The summed E-state index contributed by atoms with van der Waals surface area (Å²) in [7, 11) is 0. The van der Waals surface area contributed by atoms with E-state index in [1.54, 1.807) is 62.3 Å². The Labute approximate surface area is 164 Å². The Bertz CT molecular complexity index is 605. The van der Waals surface area contributed by atoms with Crippen molar-refractivity contribution in [1.29, 1.82) is 0 Å². The van der Waals surface area contributed by atoms with Crippen molar-refractivity contribution in [2.24, 2.45) is 5.10 Å². The summed E-state index contributed by atoms with van der Waals surface area (Å²) >= 11 is 0. The van der Waals surface area contributed by atoms with E-state index in [9.17, 15) is 19.2 Å². The number of carbonyl (C=O) groups is 4. The number of hydrogen-bond acceptors (Lipinski definition) is 8. The lowest BCUT2D eigenvalue weighted by molar-refractivity contribution is -0.163. The predicted molar refractivity (Wildman–Crippen MR) is 100 cm³/mol. The molecular weight excluding hydrogens is 372 g/mol. The zero-order valence-electron chi connectivity index (χ0n) is 17.8. The summed E-state index contributed by atoms with van der Waals surface area (Å²) in [6.07, 6.45) is -1.90. The number of carbonyl (C=O) groups excluding carboxylic acids is 4. The fourth-order valence-electron chi connectivity index (χ4n) is 1.36. The molecule has 0 rings (SSSR count). The van der Waals surface area contributed by atoms with Crippen molar-refractivity contribution in [3.05, 3.63) is 0 Å². The van der Waals surface area contributed by atoms with Gasteiger partial charge in [0.25, 0.3) is 0 Å². The number of guanidine groups is 1. The van der Waals surface area contributed by atoms with Crippen molar-refractivity contribution in [2.45, 2.75) is 79.1 Å². The smallest absolute Gasteiger partial charge is 0.414 e. The molecule has 0 aliphatic carbocycles. The second-order valence-electron chi connectivity index (χ2n) is 8.66. The highest BCUT2D eigenvalue weighted by molar-refractivity contribution is 6.32. The summed E-state index contributed by atoms with van der Waals surface area (Å²) in [4.78, 5) is 47.2. The van der Waals surface area contributed by atoms with Crippen LogP contribution >= 0.6 is 0 Å². The van der Waals surface area contributed by atoms with Gasteiger partial charge in [-0.25, -0.2) is 19.8 Å². The Morgan fingerprint density at radius 2 is 1.00 bits per heavy atom. The fraction of sp³-hybridized carbons (Fsp3) is 0.706. The molecule has 11 heteroatoms. The molecule has 0 aromatic heterocycles. The molecule has 3 amide bonds. The van der Waals surface area contributed by atoms with Gasteiger partial charge < -0.3 is 14.2 Å². The van der Waals surface area contributed by atoms with Gasteiger partial charge >= 0.3 is 24.1 Å². The first-order valence-electron chi connectivity index (χ1n) is 8.49. The quantitative estimate of drug-likeness (QED) is 0.151. The highest BCUT2D eigenvalue weighted by Gasteiger charge is 2.24. The number of alkyl carbamates (subject to hydrolysis) is 2. The van der Waals surface area contributed by atoms with Gasteiger partial charge in [-0.1, -0.05) is 0 Å². The molecule has 0 bridgehead atoms. The summed E-state index contributed by atoms with van der Waals surface area (Å²) in [5, 5.41) is 7.79. The average Bonchev–Trinajstić information content (AvgIpc) is 2.37. The van der Waals surface area contributed by atoms with E-state index in [0.29, 0.717) is 0 Å². The molecule has 3 N–H and O–H groups in total. The Hall–Kier alpha value is -2.85. The van der Waals surface area contributed by atoms with Gasteiger partial charge in [0.05, 0.1) is 0 Å². The highest BCUT2D eigenvalue weighted by Crippen LogP contribution is 2.08. The molecule has 0 radical (unpaired) electrons. The molecule has 0 atom stereocenters. The second kappa shape index (κ2) is 9.38. The molecule has 0 unspecified atom stereocenters. The maximum Gasteiger partial charge on any atom is 0.414 e. The van der Waals surface area contributed by atoms with E-state index in [1.807, 2.05) is 5.43 Å². The molecule has 160 valence electrons. The maximum absolute atomic E-state index is 11.9. The zero-order valence-corrected chi connectivity index (χ0v) is 17.8. The Kier molecular flexibility index (Phi) is 8.42. The summed E-state index contributed by atoms with van der Waals surface area (Å²) in [6, 6.07) is 0. The average molecular weight is 402 g/mol. The number of nitrogens with one attached hydrogen (secondary N) is 3. The predicted octanol–water partition coefficient (Wildman–Crippen LogP) is 1.76. The maximum atomic E-state index is 11.9. The van der Waals surface area contributed by atoms with Crippen molar-refractivity contribution in [1.82, 2.24) is 16.1 Å². The topological polar surface area (TPSA) is 144 Å². The Morgan fingerprint density at radius 1 is 0.643 bits per heavy atom. The van der Waals surface area contributed by atoms with Crippen molar-refractivity contribution in [2.75, 3.05) is 0 Å². The minimum atomic E-state index is -1.20. The lowest BCUT2D eigenvalue weighted by atomic mass is 10.2. The van der Waals surface area contributed by atoms with Crippen LogP contribution in [-0.2, 0) is 23.8 Å². The van der Waals surface area contributed by atoms with Crippen molar-refractivity contribution in [3.8, 4) is 0 Å². The van der Waals surface area contributed by atoms with Gasteiger partial charge in [-0.15, -0.1) is 5.10 Å². The van der Waals surface area contributed by atoms with Gasteiger partial charge in [0.1, 0.15) is 16.8 Å². The number of nitrogens with zero attached hydrogens (tertiary/aromatic N) is 1. The van der Waals surface area contributed by atoms with Crippen LogP contribution in [0.25, 0.3) is 0 Å². The van der Waals surface area contributed by atoms with Crippen LogP contribution in [0, 0.1) is 0 Å². The largest absolute Gasteiger partial charge is 0.453 e. The van der Waals surface area contributed by atoms with E-state index in [0.717, 1.165) is 0 Å². The van der Waals surface area contributed by atoms with Crippen LogP contribution in [0.2, 0.25) is 0 Å². The van der Waals surface area contributed by atoms with Crippen molar-refractivity contribution < 1.29 is 33.4 Å². The number of ether oxygens (including phenoxy) is 3. The molecule has 11 nitrogen and oxygen atoms in total. The van der Waals surface area contributed by atoms with E-state index in [-0.39, 0.29) is 0 Å². The molecule has 28 heavy (non-hydrogen) atoms.